The van der Waals surface area contributed by atoms with Gasteiger partial charge in [0.1, 0.15) is 11.9 Å². The van der Waals surface area contributed by atoms with Gasteiger partial charge in [0.25, 0.3) is 0 Å². The van der Waals surface area contributed by atoms with Crippen molar-refractivity contribution in [1.82, 2.24) is 15.3 Å². The minimum Gasteiger partial charge on any atom is -0.368 e. The lowest BCUT2D eigenvalue weighted by Crippen LogP contribution is -2.39. The number of imidazole rings is 1. The fraction of sp³-hybridized carbons (Fsp3) is 0.500. The lowest BCUT2D eigenvalue weighted by molar-refractivity contribution is -0.131. The number of fused-ring (bicyclic) bond motifs is 1. The SMILES string of the molecule is CC(C)C(NC(=O)C1CCCO1)c1nc2ccccc2[nH]1. The van der Waals surface area contributed by atoms with E-state index in [1.165, 1.54) is 0 Å². The molecule has 0 spiro atoms. The van der Waals surface area contributed by atoms with Gasteiger partial charge in [-0.3, -0.25) is 4.79 Å². The van der Waals surface area contributed by atoms with Crippen LogP contribution in [0.3, 0.4) is 0 Å². The number of aromatic nitrogens is 2. The molecular formula is C16H21N3O2. The second kappa shape index (κ2) is 5.85. The number of rotatable bonds is 4. The number of para-hydroxylation sites is 2. The van der Waals surface area contributed by atoms with Crippen LogP contribution in [0, 0.1) is 5.92 Å². The summed E-state index contributed by atoms with van der Waals surface area (Å²) in [6.45, 7) is 4.83. The Morgan fingerprint density at radius 1 is 1.43 bits per heavy atom. The molecule has 1 aromatic heterocycles. The normalized spacial score (nSPS) is 20.0. The van der Waals surface area contributed by atoms with Crippen LogP contribution in [0.1, 0.15) is 38.6 Å². The molecule has 1 aliphatic rings. The van der Waals surface area contributed by atoms with E-state index in [1.54, 1.807) is 0 Å². The first-order valence-electron chi connectivity index (χ1n) is 7.52. The highest BCUT2D eigenvalue weighted by molar-refractivity contribution is 5.81. The van der Waals surface area contributed by atoms with E-state index >= 15 is 0 Å². The Labute approximate surface area is 124 Å². The highest BCUT2D eigenvalue weighted by Crippen LogP contribution is 2.23. The molecule has 2 heterocycles. The summed E-state index contributed by atoms with van der Waals surface area (Å²) in [6.07, 6.45) is 1.45. The molecule has 0 radical (unpaired) electrons. The van der Waals surface area contributed by atoms with Crippen LogP contribution in [-0.4, -0.2) is 28.6 Å². The molecule has 5 heteroatoms. The third-order valence-electron chi connectivity index (χ3n) is 3.89. The number of hydrogen-bond donors (Lipinski definition) is 2. The summed E-state index contributed by atoms with van der Waals surface area (Å²) in [7, 11) is 0. The number of hydrogen-bond acceptors (Lipinski definition) is 3. The van der Waals surface area contributed by atoms with Crippen LogP contribution < -0.4 is 5.32 Å². The summed E-state index contributed by atoms with van der Waals surface area (Å²) in [6, 6.07) is 7.76. The molecule has 1 amide bonds. The first-order valence-corrected chi connectivity index (χ1v) is 7.52. The minimum absolute atomic E-state index is 0.0355. The molecule has 2 atom stereocenters. The van der Waals surface area contributed by atoms with E-state index in [2.05, 4.69) is 29.1 Å². The molecule has 2 aromatic rings. The molecule has 2 N–H and O–H groups in total. The molecule has 1 saturated heterocycles. The van der Waals surface area contributed by atoms with Crippen LogP contribution in [0.15, 0.2) is 24.3 Å². The third kappa shape index (κ3) is 2.93. The predicted octanol–water partition coefficient (Wildman–Crippen LogP) is 2.56. The molecule has 1 aromatic carbocycles. The zero-order chi connectivity index (χ0) is 14.8. The fourth-order valence-electron chi connectivity index (χ4n) is 2.70. The maximum Gasteiger partial charge on any atom is 0.249 e. The van der Waals surface area contributed by atoms with Crippen molar-refractivity contribution in [1.29, 1.82) is 0 Å². The number of nitrogens with zero attached hydrogens (tertiary/aromatic N) is 1. The molecule has 21 heavy (non-hydrogen) atoms. The van der Waals surface area contributed by atoms with Gasteiger partial charge >= 0.3 is 0 Å². The quantitative estimate of drug-likeness (QED) is 0.908. The van der Waals surface area contributed by atoms with Crippen LogP contribution in [-0.2, 0) is 9.53 Å². The van der Waals surface area contributed by atoms with Gasteiger partial charge in [-0.05, 0) is 30.9 Å². The number of carbonyl (C=O) groups excluding carboxylic acids is 1. The van der Waals surface area contributed by atoms with Crippen molar-refractivity contribution in [2.75, 3.05) is 6.61 Å². The van der Waals surface area contributed by atoms with E-state index in [1.807, 2.05) is 24.3 Å². The summed E-state index contributed by atoms with van der Waals surface area (Å²) in [5.74, 6) is 1.01. The van der Waals surface area contributed by atoms with Crippen LogP contribution in [0.25, 0.3) is 11.0 Å². The van der Waals surface area contributed by atoms with Gasteiger partial charge in [-0.25, -0.2) is 4.98 Å². The summed E-state index contributed by atoms with van der Waals surface area (Å²) in [5.41, 5.74) is 1.91. The van der Waals surface area contributed by atoms with E-state index in [9.17, 15) is 4.79 Å². The molecule has 5 nitrogen and oxygen atoms in total. The summed E-state index contributed by atoms with van der Waals surface area (Å²) in [4.78, 5) is 20.2. The number of amides is 1. The van der Waals surface area contributed by atoms with E-state index in [0.717, 1.165) is 29.7 Å². The lowest BCUT2D eigenvalue weighted by Gasteiger charge is -2.22. The maximum atomic E-state index is 12.3. The second-order valence-corrected chi connectivity index (χ2v) is 5.87. The van der Waals surface area contributed by atoms with E-state index < -0.39 is 0 Å². The maximum absolute atomic E-state index is 12.3. The van der Waals surface area contributed by atoms with Gasteiger partial charge in [0.15, 0.2) is 0 Å². The molecule has 3 rings (SSSR count). The van der Waals surface area contributed by atoms with Gasteiger partial charge in [-0.2, -0.15) is 0 Å². The van der Waals surface area contributed by atoms with Gasteiger partial charge in [0.05, 0.1) is 17.1 Å². The largest absolute Gasteiger partial charge is 0.368 e. The van der Waals surface area contributed by atoms with Crippen LogP contribution in [0.4, 0.5) is 0 Å². The third-order valence-corrected chi connectivity index (χ3v) is 3.89. The van der Waals surface area contributed by atoms with Crippen molar-refractivity contribution < 1.29 is 9.53 Å². The molecule has 0 bridgehead atoms. The van der Waals surface area contributed by atoms with Crippen molar-refractivity contribution in [3.05, 3.63) is 30.1 Å². The molecule has 0 aliphatic carbocycles. The van der Waals surface area contributed by atoms with Gasteiger partial charge in [0.2, 0.25) is 5.91 Å². The Hall–Kier alpha value is -1.88. The molecule has 0 saturated carbocycles. The standard InChI is InChI=1S/C16H21N3O2/c1-10(2)14(19-16(20)13-8-5-9-21-13)15-17-11-6-3-4-7-12(11)18-15/h3-4,6-7,10,13-14H,5,8-9H2,1-2H3,(H,17,18)(H,19,20). The van der Waals surface area contributed by atoms with Crippen LogP contribution in [0.2, 0.25) is 0 Å². The molecule has 1 aliphatic heterocycles. The average Bonchev–Trinajstić information content (AvgIpc) is 3.12. The Morgan fingerprint density at radius 2 is 2.24 bits per heavy atom. The fourth-order valence-corrected chi connectivity index (χ4v) is 2.70. The summed E-state index contributed by atoms with van der Waals surface area (Å²) < 4.78 is 5.45. The van der Waals surface area contributed by atoms with Crippen LogP contribution in [0.5, 0.6) is 0 Å². The van der Waals surface area contributed by atoms with E-state index in [4.69, 9.17) is 4.74 Å². The van der Waals surface area contributed by atoms with Gasteiger partial charge in [-0.1, -0.05) is 26.0 Å². The zero-order valence-corrected chi connectivity index (χ0v) is 12.4. The summed E-state index contributed by atoms with van der Waals surface area (Å²) >= 11 is 0. The van der Waals surface area contributed by atoms with Crippen LogP contribution >= 0.6 is 0 Å². The number of nitrogens with one attached hydrogen (secondary N) is 2. The van der Waals surface area contributed by atoms with Crippen molar-refractivity contribution in [3.63, 3.8) is 0 Å². The second-order valence-electron chi connectivity index (χ2n) is 5.87. The number of aromatic amines is 1. The van der Waals surface area contributed by atoms with Gasteiger partial charge in [0, 0.05) is 6.61 Å². The first kappa shape index (κ1) is 14.1. The predicted molar refractivity (Wildman–Crippen MR) is 80.8 cm³/mol. The van der Waals surface area contributed by atoms with Crippen molar-refractivity contribution in [3.8, 4) is 0 Å². The molecule has 2 unspecified atom stereocenters. The highest BCUT2D eigenvalue weighted by Gasteiger charge is 2.28. The molecular weight excluding hydrogens is 266 g/mol. The topological polar surface area (TPSA) is 67.0 Å². The first-order chi connectivity index (χ1) is 10.1. The van der Waals surface area contributed by atoms with E-state index in [0.29, 0.717) is 6.61 Å². The number of benzene rings is 1. The van der Waals surface area contributed by atoms with Crippen molar-refractivity contribution in [2.45, 2.75) is 38.8 Å². The minimum atomic E-state index is -0.310. The number of ether oxygens (including phenoxy) is 1. The Balaban J connectivity index is 1.81. The Morgan fingerprint density at radius 3 is 2.90 bits per heavy atom. The Kier molecular flexibility index (Phi) is 3.92. The molecule has 112 valence electrons. The number of carbonyl (C=O) groups is 1. The van der Waals surface area contributed by atoms with Crippen molar-refractivity contribution >= 4 is 16.9 Å². The summed E-state index contributed by atoms with van der Waals surface area (Å²) in [5, 5.41) is 3.08. The van der Waals surface area contributed by atoms with Gasteiger partial charge < -0.3 is 15.0 Å². The van der Waals surface area contributed by atoms with Gasteiger partial charge in [-0.15, -0.1) is 0 Å². The van der Waals surface area contributed by atoms with E-state index in [-0.39, 0.29) is 24.0 Å². The number of H-pyrrole nitrogens is 1. The monoisotopic (exact) mass is 287 g/mol. The van der Waals surface area contributed by atoms with Crippen molar-refractivity contribution in [2.24, 2.45) is 5.92 Å². The highest BCUT2D eigenvalue weighted by atomic mass is 16.5. The average molecular weight is 287 g/mol. The smallest absolute Gasteiger partial charge is 0.249 e. The zero-order valence-electron chi connectivity index (χ0n) is 12.4. The Bertz CT molecular complexity index is 596. The molecule has 1 fully saturated rings. The lowest BCUT2D eigenvalue weighted by atomic mass is 10.0.